The van der Waals surface area contributed by atoms with E-state index in [4.69, 9.17) is 4.74 Å². The molecule has 0 aliphatic heterocycles. The first-order chi connectivity index (χ1) is 16.3. The van der Waals surface area contributed by atoms with Gasteiger partial charge in [0.1, 0.15) is 0 Å². The van der Waals surface area contributed by atoms with Crippen LogP contribution in [0.3, 0.4) is 0 Å². The minimum absolute atomic E-state index is 0.0549. The summed E-state index contributed by atoms with van der Waals surface area (Å²) in [4.78, 5) is 11.8. The third-order valence-electron chi connectivity index (χ3n) is 13.9. The lowest BCUT2D eigenvalue weighted by Gasteiger charge is -2.72. The Hall–Kier alpha value is -0.790. The summed E-state index contributed by atoms with van der Waals surface area (Å²) in [5, 5.41) is 0. The van der Waals surface area contributed by atoms with Crippen LogP contribution in [-0.2, 0) is 9.53 Å². The van der Waals surface area contributed by atoms with Crippen LogP contribution in [0.5, 0.6) is 0 Å². The standard InChI is InChI=1S/C33H54O2/c1-22(10-13-28(34)35-8)23-14-19-30(4)24(23)15-20-32(6)26(30)11-12-27-31(5)18-9-17-29(2,3)25(31)16-21-33(27,32)7/h22,25-27H,9-21H2,1-8H3/t22-,25-,26+,27+,30-,31-,32+,33+/m0/s1. The molecule has 4 saturated carbocycles. The van der Waals surface area contributed by atoms with Crippen molar-refractivity contribution in [2.75, 3.05) is 7.11 Å². The van der Waals surface area contributed by atoms with Gasteiger partial charge in [0, 0.05) is 6.42 Å². The molecule has 8 atom stereocenters. The van der Waals surface area contributed by atoms with E-state index in [1.54, 1.807) is 5.57 Å². The molecule has 0 N–H and O–H groups in total. The normalized spacial score (nSPS) is 47.3. The zero-order valence-corrected chi connectivity index (χ0v) is 24.3. The molecule has 0 amide bonds. The van der Waals surface area contributed by atoms with Gasteiger partial charge in [-0.2, -0.15) is 0 Å². The maximum absolute atomic E-state index is 11.8. The van der Waals surface area contributed by atoms with Gasteiger partial charge < -0.3 is 4.74 Å². The number of carbonyl (C=O) groups excluding carboxylic acids is 1. The average Bonchev–Trinajstić information content (AvgIpc) is 3.14. The van der Waals surface area contributed by atoms with Crippen LogP contribution in [0.1, 0.15) is 132 Å². The topological polar surface area (TPSA) is 26.3 Å². The summed E-state index contributed by atoms with van der Waals surface area (Å²) in [5.74, 6) is 3.08. The second kappa shape index (κ2) is 8.36. The van der Waals surface area contributed by atoms with Crippen molar-refractivity contribution in [3.05, 3.63) is 11.1 Å². The van der Waals surface area contributed by atoms with Gasteiger partial charge in [0.05, 0.1) is 7.11 Å². The number of esters is 1. The van der Waals surface area contributed by atoms with Crippen molar-refractivity contribution in [3.8, 4) is 0 Å². The number of rotatable bonds is 4. The molecule has 2 nitrogen and oxygen atoms in total. The van der Waals surface area contributed by atoms with E-state index in [0.717, 1.165) is 24.2 Å². The largest absolute Gasteiger partial charge is 0.469 e. The summed E-state index contributed by atoms with van der Waals surface area (Å²) in [6.45, 7) is 18.5. The third-order valence-corrected chi connectivity index (χ3v) is 13.9. The van der Waals surface area contributed by atoms with Crippen molar-refractivity contribution in [1.29, 1.82) is 0 Å². The summed E-state index contributed by atoms with van der Waals surface area (Å²) in [6, 6.07) is 0. The Bertz CT molecular complexity index is 899. The van der Waals surface area contributed by atoms with Crippen LogP contribution in [-0.4, -0.2) is 13.1 Å². The molecule has 0 aromatic rings. The SMILES string of the molecule is COC(=O)CC[C@H](C)C1=C2CC[C@]3(C)[C@H](CC[C@@H]4[C@@]5(C)CCCC(C)(C)[C@@H]5CC[C@]43C)[C@@]2(C)CC1. The first kappa shape index (κ1) is 25.8. The van der Waals surface area contributed by atoms with Crippen LogP contribution in [0.2, 0.25) is 0 Å². The van der Waals surface area contributed by atoms with Gasteiger partial charge >= 0.3 is 5.97 Å². The average molecular weight is 483 g/mol. The molecule has 198 valence electrons. The van der Waals surface area contributed by atoms with E-state index < -0.39 is 0 Å². The van der Waals surface area contributed by atoms with E-state index in [1.165, 1.54) is 77.7 Å². The fourth-order valence-electron chi connectivity index (χ4n) is 11.9. The minimum Gasteiger partial charge on any atom is -0.469 e. The fraction of sp³-hybridized carbons (Fsp3) is 0.909. The van der Waals surface area contributed by atoms with Crippen molar-refractivity contribution < 1.29 is 9.53 Å². The Morgan fingerprint density at radius 1 is 0.857 bits per heavy atom. The Kier molecular flexibility index (Phi) is 6.17. The van der Waals surface area contributed by atoms with E-state index in [2.05, 4.69) is 48.5 Å². The molecule has 0 aromatic heterocycles. The monoisotopic (exact) mass is 482 g/mol. The predicted molar refractivity (Wildman–Crippen MR) is 145 cm³/mol. The van der Waals surface area contributed by atoms with Gasteiger partial charge in [-0.3, -0.25) is 4.79 Å². The van der Waals surface area contributed by atoms with E-state index in [1.807, 2.05) is 5.57 Å². The molecule has 0 aromatic carbocycles. The maximum Gasteiger partial charge on any atom is 0.305 e. The van der Waals surface area contributed by atoms with Crippen LogP contribution in [0.4, 0.5) is 0 Å². The number of ether oxygens (including phenoxy) is 1. The van der Waals surface area contributed by atoms with E-state index >= 15 is 0 Å². The lowest BCUT2D eigenvalue weighted by molar-refractivity contribution is -0.226. The first-order valence-corrected chi connectivity index (χ1v) is 15.1. The van der Waals surface area contributed by atoms with Crippen molar-refractivity contribution in [2.24, 2.45) is 50.7 Å². The van der Waals surface area contributed by atoms with Gasteiger partial charge in [0.2, 0.25) is 0 Å². The highest BCUT2D eigenvalue weighted by Gasteiger charge is 2.69. The summed E-state index contributed by atoms with van der Waals surface area (Å²) >= 11 is 0. The van der Waals surface area contributed by atoms with Gasteiger partial charge in [-0.15, -0.1) is 0 Å². The highest BCUT2D eigenvalue weighted by atomic mass is 16.5. The van der Waals surface area contributed by atoms with Crippen molar-refractivity contribution in [3.63, 3.8) is 0 Å². The zero-order valence-electron chi connectivity index (χ0n) is 24.3. The summed E-state index contributed by atoms with van der Waals surface area (Å²) in [7, 11) is 1.52. The lowest BCUT2D eigenvalue weighted by atomic mass is 9.32. The van der Waals surface area contributed by atoms with Crippen LogP contribution in [0.15, 0.2) is 11.1 Å². The van der Waals surface area contributed by atoms with Crippen LogP contribution < -0.4 is 0 Å². The maximum atomic E-state index is 11.8. The first-order valence-electron chi connectivity index (χ1n) is 15.1. The van der Waals surface area contributed by atoms with Crippen LogP contribution >= 0.6 is 0 Å². The predicted octanol–water partition coefficient (Wildman–Crippen LogP) is 9.13. The number of hydrogen-bond donors (Lipinski definition) is 0. The quantitative estimate of drug-likeness (QED) is 0.295. The minimum atomic E-state index is -0.0549. The molecular formula is C33H54O2. The Morgan fingerprint density at radius 3 is 2.26 bits per heavy atom. The molecule has 0 bridgehead atoms. The molecule has 4 fully saturated rings. The van der Waals surface area contributed by atoms with Gasteiger partial charge in [-0.25, -0.2) is 0 Å². The Balaban J connectivity index is 1.45. The molecule has 0 saturated heterocycles. The second-order valence-electron chi connectivity index (χ2n) is 15.4. The smallest absolute Gasteiger partial charge is 0.305 e. The molecule has 35 heavy (non-hydrogen) atoms. The molecule has 0 heterocycles. The number of allylic oxidation sites excluding steroid dienone is 2. The molecule has 5 aliphatic carbocycles. The molecule has 0 spiro atoms. The molecule has 5 aliphatic rings. The summed E-state index contributed by atoms with van der Waals surface area (Å²) in [5.41, 5.74) is 5.88. The Morgan fingerprint density at radius 2 is 1.54 bits per heavy atom. The van der Waals surface area contributed by atoms with Gasteiger partial charge in [0.25, 0.3) is 0 Å². The molecular weight excluding hydrogens is 428 g/mol. The van der Waals surface area contributed by atoms with E-state index in [0.29, 0.717) is 39.4 Å². The zero-order chi connectivity index (χ0) is 25.4. The number of methoxy groups -OCH3 is 1. The van der Waals surface area contributed by atoms with Crippen molar-refractivity contribution in [2.45, 2.75) is 132 Å². The van der Waals surface area contributed by atoms with Crippen LogP contribution in [0.25, 0.3) is 0 Å². The highest BCUT2D eigenvalue weighted by molar-refractivity contribution is 5.69. The van der Waals surface area contributed by atoms with Crippen LogP contribution in [0, 0.1) is 50.7 Å². The van der Waals surface area contributed by atoms with Gasteiger partial charge in [-0.1, -0.05) is 66.0 Å². The molecule has 5 rings (SSSR count). The fourth-order valence-corrected chi connectivity index (χ4v) is 11.9. The number of hydrogen-bond acceptors (Lipinski definition) is 2. The van der Waals surface area contributed by atoms with E-state index in [9.17, 15) is 4.79 Å². The van der Waals surface area contributed by atoms with E-state index in [-0.39, 0.29) is 5.97 Å². The van der Waals surface area contributed by atoms with Gasteiger partial charge in [0.15, 0.2) is 0 Å². The number of fused-ring (bicyclic) bond motifs is 7. The summed E-state index contributed by atoms with van der Waals surface area (Å²) < 4.78 is 4.94. The number of carbonyl (C=O) groups is 1. The second-order valence-corrected chi connectivity index (χ2v) is 15.4. The van der Waals surface area contributed by atoms with Crippen molar-refractivity contribution >= 4 is 5.97 Å². The van der Waals surface area contributed by atoms with Gasteiger partial charge in [-0.05, 0) is 121 Å². The van der Waals surface area contributed by atoms with Crippen molar-refractivity contribution in [1.82, 2.24) is 0 Å². The molecule has 0 radical (unpaired) electrons. The highest BCUT2D eigenvalue weighted by Crippen LogP contribution is 2.77. The lowest BCUT2D eigenvalue weighted by Crippen LogP contribution is -2.65. The Labute approximate surface area is 216 Å². The molecule has 2 heteroatoms. The summed E-state index contributed by atoms with van der Waals surface area (Å²) in [6.07, 6.45) is 16.9. The third kappa shape index (κ3) is 3.49. The molecule has 0 unspecified atom stereocenters.